The number of aromatic nitrogens is 4. The van der Waals surface area contributed by atoms with E-state index in [1.165, 1.54) is 36.8 Å². The normalized spacial score (nSPS) is 15.8. The first-order valence-electron chi connectivity index (χ1n) is 8.83. The zero-order valence-electron chi connectivity index (χ0n) is 13.9. The monoisotopic (exact) mass is 349 g/mol. The Morgan fingerprint density at radius 2 is 2.00 bits per heavy atom. The molecule has 0 aromatic carbocycles. The summed E-state index contributed by atoms with van der Waals surface area (Å²) < 4.78 is 3.12. The van der Waals surface area contributed by atoms with Crippen molar-refractivity contribution in [2.24, 2.45) is 0 Å². The van der Waals surface area contributed by atoms with E-state index < -0.39 is 0 Å². The predicted octanol–water partition coefficient (Wildman–Crippen LogP) is 4.75. The van der Waals surface area contributed by atoms with E-state index in [4.69, 9.17) is 5.10 Å². The third kappa shape index (κ3) is 2.76. The van der Waals surface area contributed by atoms with Crippen molar-refractivity contribution in [1.29, 1.82) is 0 Å². The Kier molecular flexibility index (Phi) is 3.63. The lowest BCUT2D eigenvalue weighted by atomic mass is 9.95. The van der Waals surface area contributed by atoms with Crippen molar-refractivity contribution in [2.45, 2.75) is 38.1 Å². The fourth-order valence-electron chi connectivity index (χ4n) is 3.57. The fourth-order valence-corrected chi connectivity index (χ4v) is 4.58. The van der Waals surface area contributed by atoms with Crippen LogP contribution in [0.1, 0.15) is 32.1 Å². The topological polar surface area (TPSA) is 55.1 Å². The van der Waals surface area contributed by atoms with E-state index in [1.54, 1.807) is 11.3 Å². The van der Waals surface area contributed by atoms with Crippen molar-refractivity contribution in [1.82, 2.24) is 19.6 Å². The van der Waals surface area contributed by atoms with E-state index in [2.05, 4.69) is 27.4 Å². The number of nitrogens with zero attached hydrogens (tertiary/aromatic N) is 4. The second-order valence-corrected chi connectivity index (χ2v) is 7.69. The van der Waals surface area contributed by atoms with E-state index in [9.17, 15) is 0 Å². The standard InChI is InChI=1S/C19H19N5S/c1-2-5-13(6-3-1)22-18-8-9-19-21-12-15(24(19)23-18)17-11-14-16(25-17)7-4-10-20-14/h4,7-13H,1-3,5-6H2,(H,22,23). The van der Waals surface area contributed by atoms with Crippen LogP contribution in [0.25, 0.3) is 26.4 Å². The minimum atomic E-state index is 0.541. The fraction of sp³-hybridized carbons (Fsp3) is 0.316. The number of imidazole rings is 1. The Labute approximate surface area is 149 Å². The molecule has 4 aromatic heterocycles. The average Bonchev–Trinajstić information content (AvgIpc) is 3.25. The van der Waals surface area contributed by atoms with Crippen LogP contribution in [0.15, 0.2) is 42.7 Å². The van der Waals surface area contributed by atoms with E-state index >= 15 is 0 Å². The molecule has 0 unspecified atom stereocenters. The van der Waals surface area contributed by atoms with Gasteiger partial charge in [-0.05, 0) is 43.2 Å². The lowest BCUT2D eigenvalue weighted by molar-refractivity contribution is 0.461. The predicted molar refractivity (Wildman–Crippen MR) is 102 cm³/mol. The average molecular weight is 349 g/mol. The van der Waals surface area contributed by atoms with Crippen molar-refractivity contribution in [3.05, 3.63) is 42.7 Å². The molecule has 4 heterocycles. The molecule has 0 atom stereocenters. The number of anilines is 1. The molecule has 0 spiro atoms. The molecule has 5 rings (SSSR count). The molecule has 1 aliphatic carbocycles. The maximum Gasteiger partial charge on any atom is 0.154 e. The SMILES string of the molecule is c1cnc2cc(-c3cnc4ccc(NC5CCCCC5)nn34)sc2c1. The van der Waals surface area contributed by atoms with Gasteiger partial charge in [0.25, 0.3) is 0 Å². The zero-order chi connectivity index (χ0) is 16.6. The molecule has 0 saturated heterocycles. The number of hydrogen-bond acceptors (Lipinski definition) is 5. The van der Waals surface area contributed by atoms with Gasteiger partial charge in [-0.3, -0.25) is 4.98 Å². The quantitative estimate of drug-likeness (QED) is 0.580. The van der Waals surface area contributed by atoms with Gasteiger partial charge in [0.05, 0.1) is 21.3 Å². The first kappa shape index (κ1) is 14.8. The van der Waals surface area contributed by atoms with Gasteiger partial charge in [-0.1, -0.05) is 19.3 Å². The highest BCUT2D eigenvalue weighted by Gasteiger charge is 2.15. The molecule has 6 heteroatoms. The van der Waals surface area contributed by atoms with Crippen LogP contribution in [0, 0.1) is 0 Å². The number of rotatable bonds is 3. The second kappa shape index (κ2) is 6.11. The van der Waals surface area contributed by atoms with Crippen LogP contribution in [0.4, 0.5) is 5.82 Å². The molecule has 1 saturated carbocycles. The summed E-state index contributed by atoms with van der Waals surface area (Å²) in [6, 6.07) is 10.8. The summed E-state index contributed by atoms with van der Waals surface area (Å²) in [5.74, 6) is 0.929. The number of fused-ring (bicyclic) bond motifs is 2. The van der Waals surface area contributed by atoms with Crippen LogP contribution >= 0.6 is 11.3 Å². The van der Waals surface area contributed by atoms with Gasteiger partial charge in [-0.25, -0.2) is 9.50 Å². The Balaban J connectivity index is 1.53. The minimum Gasteiger partial charge on any atom is -0.366 e. The lowest BCUT2D eigenvalue weighted by Crippen LogP contribution is -2.23. The smallest absolute Gasteiger partial charge is 0.154 e. The molecule has 0 amide bonds. The molecule has 4 aromatic rings. The molecule has 126 valence electrons. The second-order valence-electron chi connectivity index (χ2n) is 6.61. The molecular weight excluding hydrogens is 330 g/mol. The molecular formula is C19H19N5S. The van der Waals surface area contributed by atoms with Gasteiger partial charge in [0.15, 0.2) is 5.65 Å². The Hall–Kier alpha value is -2.47. The Morgan fingerprint density at radius 1 is 1.08 bits per heavy atom. The van der Waals surface area contributed by atoms with Crippen LogP contribution in [0.5, 0.6) is 0 Å². The maximum atomic E-state index is 4.81. The third-order valence-corrected chi connectivity index (χ3v) is 5.97. The molecule has 1 aliphatic rings. The summed E-state index contributed by atoms with van der Waals surface area (Å²) in [4.78, 5) is 10.1. The van der Waals surface area contributed by atoms with Gasteiger partial charge in [-0.2, -0.15) is 0 Å². The van der Waals surface area contributed by atoms with Crippen molar-refractivity contribution >= 4 is 33.0 Å². The van der Waals surface area contributed by atoms with Crippen molar-refractivity contribution in [2.75, 3.05) is 5.32 Å². The zero-order valence-corrected chi connectivity index (χ0v) is 14.7. The van der Waals surface area contributed by atoms with E-state index in [0.29, 0.717) is 6.04 Å². The molecule has 0 aliphatic heterocycles. The highest BCUT2D eigenvalue weighted by Crippen LogP contribution is 2.32. The molecule has 0 bridgehead atoms. The van der Waals surface area contributed by atoms with Crippen molar-refractivity contribution in [3.8, 4) is 10.6 Å². The van der Waals surface area contributed by atoms with Crippen LogP contribution in [-0.4, -0.2) is 25.6 Å². The van der Waals surface area contributed by atoms with Gasteiger partial charge in [0.1, 0.15) is 11.5 Å². The van der Waals surface area contributed by atoms with E-state index in [-0.39, 0.29) is 0 Å². The first-order chi connectivity index (χ1) is 12.4. The van der Waals surface area contributed by atoms with Gasteiger partial charge in [-0.15, -0.1) is 16.4 Å². The van der Waals surface area contributed by atoms with E-state index in [0.717, 1.165) is 27.6 Å². The van der Waals surface area contributed by atoms with Gasteiger partial charge in [0, 0.05) is 12.2 Å². The summed E-state index contributed by atoms with van der Waals surface area (Å²) >= 11 is 1.73. The number of hydrogen-bond donors (Lipinski definition) is 1. The molecule has 0 radical (unpaired) electrons. The summed E-state index contributed by atoms with van der Waals surface area (Å²) in [6.07, 6.45) is 10.2. The van der Waals surface area contributed by atoms with Crippen LogP contribution < -0.4 is 5.32 Å². The highest BCUT2D eigenvalue weighted by atomic mass is 32.1. The lowest BCUT2D eigenvalue weighted by Gasteiger charge is -2.23. The summed E-state index contributed by atoms with van der Waals surface area (Å²) in [5.41, 5.74) is 2.91. The van der Waals surface area contributed by atoms with Gasteiger partial charge < -0.3 is 5.32 Å². The number of nitrogens with one attached hydrogen (secondary N) is 1. The maximum absolute atomic E-state index is 4.81. The van der Waals surface area contributed by atoms with Gasteiger partial charge in [0.2, 0.25) is 0 Å². The Bertz CT molecular complexity index is 996. The van der Waals surface area contributed by atoms with Crippen LogP contribution in [0.3, 0.4) is 0 Å². The van der Waals surface area contributed by atoms with Gasteiger partial charge >= 0.3 is 0 Å². The molecule has 25 heavy (non-hydrogen) atoms. The summed E-state index contributed by atoms with van der Waals surface area (Å²) in [6.45, 7) is 0. The summed E-state index contributed by atoms with van der Waals surface area (Å²) in [7, 11) is 0. The first-order valence-corrected chi connectivity index (χ1v) is 9.65. The van der Waals surface area contributed by atoms with Crippen LogP contribution in [0.2, 0.25) is 0 Å². The van der Waals surface area contributed by atoms with Crippen molar-refractivity contribution < 1.29 is 0 Å². The minimum absolute atomic E-state index is 0.541. The molecule has 5 nitrogen and oxygen atoms in total. The molecule has 1 N–H and O–H groups in total. The van der Waals surface area contributed by atoms with E-state index in [1.807, 2.05) is 35.1 Å². The largest absolute Gasteiger partial charge is 0.366 e. The van der Waals surface area contributed by atoms with Crippen LogP contribution in [-0.2, 0) is 0 Å². The highest BCUT2D eigenvalue weighted by molar-refractivity contribution is 7.22. The number of thiophene rings is 1. The number of pyridine rings is 1. The summed E-state index contributed by atoms with van der Waals surface area (Å²) in [5, 5.41) is 8.40. The molecule has 1 fully saturated rings. The third-order valence-electron chi connectivity index (χ3n) is 4.86. The Morgan fingerprint density at radius 3 is 2.88 bits per heavy atom. The van der Waals surface area contributed by atoms with Crippen molar-refractivity contribution in [3.63, 3.8) is 0 Å².